The molecule has 1 aliphatic heterocycles. The van der Waals surface area contributed by atoms with Gasteiger partial charge in [-0.25, -0.2) is 4.79 Å². The third-order valence-corrected chi connectivity index (χ3v) is 4.96. The number of rotatable bonds is 4. The van der Waals surface area contributed by atoms with E-state index in [0.717, 1.165) is 32.4 Å². The molecule has 130 valence electrons. The van der Waals surface area contributed by atoms with Gasteiger partial charge in [-0.2, -0.15) is 0 Å². The Kier molecular flexibility index (Phi) is 5.23. The minimum Gasteiger partial charge on any atom is -0.441 e. The van der Waals surface area contributed by atoms with E-state index < -0.39 is 5.72 Å². The van der Waals surface area contributed by atoms with Crippen molar-refractivity contribution < 1.29 is 14.3 Å². The second kappa shape index (κ2) is 7.55. The predicted molar refractivity (Wildman–Crippen MR) is 91.7 cm³/mol. The monoisotopic (exact) mass is 331 g/mol. The molecule has 1 saturated carbocycles. The van der Waals surface area contributed by atoms with Gasteiger partial charge < -0.3 is 14.5 Å². The molecule has 2 amide bonds. The highest BCUT2D eigenvalue weighted by molar-refractivity contribution is 5.75. The van der Waals surface area contributed by atoms with Crippen LogP contribution in [-0.2, 0) is 9.53 Å². The molecular formula is C18H25N3O3. The average molecular weight is 331 g/mol. The molecule has 2 fully saturated rings. The molecule has 6 heteroatoms. The summed E-state index contributed by atoms with van der Waals surface area (Å²) < 4.78 is 5.27. The quantitative estimate of drug-likeness (QED) is 0.679. The lowest BCUT2D eigenvalue weighted by atomic mass is 9.91. The summed E-state index contributed by atoms with van der Waals surface area (Å²) in [6, 6.07) is 10.1. The Balaban J connectivity index is 1.55. The zero-order valence-corrected chi connectivity index (χ0v) is 13.9. The van der Waals surface area contributed by atoms with Crippen LogP contribution in [0.15, 0.2) is 30.3 Å². The van der Waals surface area contributed by atoms with Crippen LogP contribution in [0.2, 0.25) is 0 Å². The van der Waals surface area contributed by atoms with Crippen molar-refractivity contribution in [3.05, 3.63) is 30.3 Å². The summed E-state index contributed by atoms with van der Waals surface area (Å²) in [6.07, 6.45) is 4.45. The van der Waals surface area contributed by atoms with Crippen LogP contribution in [0.3, 0.4) is 0 Å². The van der Waals surface area contributed by atoms with Gasteiger partial charge in [-0.1, -0.05) is 24.6 Å². The molecule has 6 nitrogen and oxygen atoms in total. The van der Waals surface area contributed by atoms with Crippen LogP contribution in [0.5, 0.6) is 0 Å². The van der Waals surface area contributed by atoms with Crippen molar-refractivity contribution >= 4 is 18.2 Å². The van der Waals surface area contributed by atoms with Crippen LogP contribution in [0, 0.1) is 0 Å². The Hall–Kier alpha value is -2.24. The molecule has 1 aromatic carbocycles. The Morgan fingerprint density at radius 1 is 1.04 bits per heavy atom. The summed E-state index contributed by atoms with van der Waals surface area (Å²) in [5.41, 5.74) is 0.374. The first-order chi connectivity index (χ1) is 11.7. The fourth-order valence-electron chi connectivity index (χ4n) is 3.57. The van der Waals surface area contributed by atoms with Gasteiger partial charge in [-0.3, -0.25) is 10.1 Å². The fraction of sp³-hybridized carbons (Fsp3) is 0.556. The van der Waals surface area contributed by atoms with Gasteiger partial charge in [-0.05, 0) is 25.0 Å². The van der Waals surface area contributed by atoms with E-state index in [2.05, 4.69) is 22.3 Å². The minimum atomic E-state index is -0.812. The van der Waals surface area contributed by atoms with Crippen LogP contribution >= 0.6 is 0 Å². The Morgan fingerprint density at radius 3 is 2.33 bits per heavy atom. The van der Waals surface area contributed by atoms with Gasteiger partial charge in [0, 0.05) is 44.7 Å². The molecule has 0 atom stereocenters. The highest BCUT2D eigenvalue weighted by Crippen LogP contribution is 2.29. The zero-order chi connectivity index (χ0) is 16.8. The smallest absolute Gasteiger partial charge is 0.320 e. The van der Waals surface area contributed by atoms with E-state index in [9.17, 15) is 9.59 Å². The van der Waals surface area contributed by atoms with E-state index in [4.69, 9.17) is 4.74 Å². The van der Waals surface area contributed by atoms with Gasteiger partial charge in [0.2, 0.25) is 0 Å². The largest absolute Gasteiger partial charge is 0.441 e. The summed E-state index contributed by atoms with van der Waals surface area (Å²) in [6.45, 7) is 3.40. The first-order valence-corrected chi connectivity index (χ1v) is 8.71. The van der Waals surface area contributed by atoms with Crippen LogP contribution in [0.1, 0.15) is 32.1 Å². The third kappa shape index (κ3) is 3.80. The predicted octanol–water partition coefficient (Wildman–Crippen LogP) is 2.35. The highest BCUT2D eigenvalue weighted by Gasteiger charge is 2.37. The lowest BCUT2D eigenvalue weighted by molar-refractivity contribution is -0.150. The van der Waals surface area contributed by atoms with Gasteiger partial charge in [0.15, 0.2) is 5.72 Å². The first-order valence-electron chi connectivity index (χ1n) is 8.71. The van der Waals surface area contributed by atoms with E-state index >= 15 is 0 Å². The van der Waals surface area contributed by atoms with Gasteiger partial charge in [0.05, 0.1) is 0 Å². The van der Waals surface area contributed by atoms with Crippen molar-refractivity contribution in [1.29, 1.82) is 0 Å². The molecule has 3 rings (SSSR count). The van der Waals surface area contributed by atoms with Crippen molar-refractivity contribution in [2.45, 2.75) is 37.8 Å². The van der Waals surface area contributed by atoms with Crippen molar-refractivity contribution in [2.24, 2.45) is 0 Å². The number of ether oxygens (including phenoxy) is 1. The zero-order valence-electron chi connectivity index (χ0n) is 13.9. The van der Waals surface area contributed by atoms with E-state index in [-0.39, 0.29) is 6.03 Å². The van der Waals surface area contributed by atoms with E-state index in [1.807, 2.05) is 23.1 Å². The molecule has 0 unspecified atom stereocenters. The maximum absolute atomic E-state index is 12.6. The number of para-hydroxylation sites is 1. The van der Waals surface area contributed by atoms with Crippen LogP contribution in [-0.4, -0.2) is 49.3 Å². The normalized spacial score (nSPS) is 20.3. The summed E-state index contributed by atoms with van der Waals surface area (Å²) in [7, 11) is 0. The average Bonchev–Trinajstić information content (AvgIpc) is 2.63. The van der Waals surface area contributed by atoms with Crippen molar-refractivity contribution in [3.8, 4) is 0 Å². The summed E-state index contributed by atoms with van der Waals surface area (Å²) >= 11 is 0. The van der Waals surface area contributed by atoms with Gasteiger partial charge in [0.25, 0.3) is 6.47 Å². The van der Waals surface area contributed by atoms with Crippen molar-refractivity contribution in [1.82, 2.24) is 10.2 Å². The number of carbonyl (C=O) groups is 2. The molecule has 0 aromatic heterocycles. The van der Waals surface area contributed by atoms with E-state index in [1.165, 1.54) is 5.69 Å². The number of nitrogens with zero attached hydrogens (tertiary/aromatic N) is 2. The number of anilines is 1. The maximum Gasteiger partial charge on any atom is 0.320 e. The molecule has 1 N–H and O–H groups in total. The maximum atomic E-state index is 12.6. The number of piperazine rings is 1. The molecule has 1 saturated heterocycles. The molecule has 1 heterocycles. The number of urea groups is 1. The number of carbonyl (C=O) groups excluding carboxylic acids is 2. The minimum absolute atomic E-state index is 0.133. The van der Waals surface area contributed by atoms with Crippen LogP contribution in [0.4, 0.5) is 10.5 Å². The van der Waals surface area contributed by atoms with Crippen molar-refractivity contribution in [2.75, 3.05) is 31.1 Å². The molecule has 2 aliphatic rings. The molecule has 0 spiro atoms. The lowest BCUT2D eigenvalue weighted by Crippen LogP contribution is -2.59. The van der Waals surface area contributed by atoms with Crippen molar-refractivity contribution in [3.63, 3.8) is 0 Å². The lowest BCUT2D eigenvalue weighted by Gasteiger charge is -2.40. The number of amides is 2. The highest BCUT2D eigenvalue weighted by atomic mass is 16.6. The number of hydrogen-bond acceptors (Lipinski definition) is 4. The molecular weight excluding hydrogens is 306 g/mol. The van der Waals surface area contributed by atoms with Gasteiger partial charge in [-0.15, -0.1) is 0 Å². The first kappa shape index (κ1) is 16.6. The topological polar surface area (TPSA) is 61.9 Å². The van der Waals surface area contributed by atoms with E-state index in [1.54, 1.807) is 0 Å². The SMILES string of the molecule is O=COC1(NC(=O)N2CCN(c3ccccc3)CC2)CCCCC1. The Morgan fingerprint density at radius 2 is 1.71 bits per heavy atom. The molecule has 0 radical (unpaired) electrons. The second-order valence-corrected chi connectivity index (χ2v) is 6.51. The third-order valence-electron chi connectivity index (χ3n) is 4.96. The van der Waals surface area contributed by atoms with E-state index in [0.29, 0.717) is 32.4 Å². The Bertz CT molecular complexity index is 550. The van der Waals surface area contributed by atoms with Crippen LogP contribution in [0.25, 0.3) is 0 Å². The number of hydrogen-bond donors (Lipinski definition) is 1. The van der Waals surface area contributed by atoms with Gasteiger partial charge >= 0.3 is 6.03 Å². The summed E-state index contributed by atoms with van der Waals surface area (Å²) in [5, 5.41) is 2.97. The summed E-state index contributed by atoms with van der Waals surface area (Å²) in [4.78, 5) is 27.5. The molecule has 24 heavy (non-hydrogen) atoms. The standard InChI is InChI=1S/C18H25N3O3/c22-15-24-18(9-5-2-6-10-18)19-17(23)21-13-11-20(12-14-21)16-7-3-1-4-8-16/h1,3-4,7-8,15H,2,5-6,9-14H2,(H,19,23). The molecule has 0 bridgehead atoms. The fourth-order valence-corrected chi connectivity index (χ4v) is 3.57. The molecule has 1 aromatic rings. The Labute approximate surface area is 142 Å². The molecule has 1 aliphatic carbocycles. The van der Waals surface area contributed by atoms with Crippen LogP contribution < -0.4 is 10.2 Å². The summed E-state index contributed by atoms with van der Waals surface area (Å²) in [5.74, 6) is 0. The second-order valence-electron chi connectivity index (χ2n) is 6.51. The van der Waals surface area contributed by atoms with Gasteiger partial charge in [0.1, 0.15) is 0 Å². The number of benzene rings is 1. The number of nitrogens with one attached hydrogen (secondary N) is 1.